The van der Waals surface area contributed by atoms with E-state index in [1.165, 1.54) is 5.01 Å². The molecular formula is C22H20N4OS. The van der Waals surface area contributed by atoms with Gasteiger partial charge in [0, 0.05) is 19.7 Å². The number of benzene rings is 3. The van der Waals surface area contributed by atoms with Gasteiger partial charge in [-0.2, -0.15) is 5.10 Å². The molecule has 4 rings (SSSR count). The lowest BCUT2D eigenvalue weighted by molar-refractivity contribution is -0.112. The fourth-order valence-corrected chi connectivity index (χ4v) is 3.51. The van der Waals surface area contributed by atoms with Crippen molar-refractivity contribution in [1.29, 1.82) is 0 Å². The van der Waals surface area contributed by atoms with Crippen LogP contribution in [0.15, 0.2) is 71.8 Å². The first-order valence-corrected chi connectivity index (χ1v) is 9.43. The number of thiocarbonyl (C=S) groups is 1. The number of nitrogens with one attached hydrogen (secondary N) is 1. The summed E-state index contributed by atoms with van der Waals surface area (Å²) in [5, 5.41) is 11.6. The second kappa shape index (κ2) is 7.40. The number of para-hydroxylation sites is 1. The van der Waals surface area contributed by atoms with Gasteiger partial charge in [0.05, 0.1) is 12.2 Å². The smallest absolute Gasteiger partial charge is 0.279 e. The maximum absolute atomic E-state index is 13.3. The lowest BCUT2D eigenvalue weighted by Crippen LogP contribution is -2.34. The van der Waals surface area contributed by atoms with Gasteiger partial charge in [0.2, 0.25) is 0 Å². The molecule has 0 bridgehead atoms. The van der Waals surface area contributed by atoms with Crippen molar-refractivity contribution in [2.45, 2.75) is 6.54 Å². The molecule has 28 heavy (non-hydrogen) atoms. The zero-order valence-corrected chi connectivity index (χ0v) is 16.5. The molecule has 6 heteroatoms. The van der Waals surface area contributed by atoms with Crippen molar-refractivity contribution in [1.82, 2.24) is 10.3 Å². The van der Waals surface area contributed by atoms with Gasteiger partial charge in [0.25, 0.3) is 5.91 Å². The number of rotatable bonds is 3. The molecule has 0 radical (unpaired) electrons. The summed E-state index contributed by atoms with van der Waals surface area (Å²) in [5.74, 6) is -0.125. The van der Waals surface area contributed by atoms with E-state index in [0.717, 1.165) is 27.6 Å². The highest BCUT2D eigenvalue weighted by molar-refractivity contribution is 7.80. The monoisotopic (exact) mass is 388 g/mol. The van der Waals surface area contributed by atoms with Crippen LogP contribution in [0.2, 0.25) is 0 Å². The summed E-state index contributed by atoms with van der Waals surface area (Å²) in [6.07, 6.45) is 0. The molecule has 0 fully saturated rings. The highest BCUT2D eigenvalue weighted by Gasteiger charge is 2.34. The lowest BCUT2D eigenvalue weighted by Gasteiger charge is -2.18. The molecule has 0 saturated heterocycles. The van der Waals surface area contributed by atoms with Gasteiger partial charge in [-0.05, 0) is 34.6 Å². The maximum Gasteiger partial charge on any atom is 0.279 e. The minimum atomic E-state index is -0.125. The Morgan fingerprint density at radius 2 is 1.79 bits per heavy atom. The fourth-order valence-electron chi connectivity index (χ4n) is 3.47. The number of amides is 1. The Morgan fingerprint density at radius 1 is 1.07 bits per heavy atom. The van der Waals surface area contributed by atoms with Gasteiger partial charge in [0.1, 0.15) is 0 Å². The van der Waals surface area contributed by atoms with E-state index in [9.17, 15) is 4.79 Å². The standard InChI is InChI=1S/C22H20N4OS/c1-23-22(28)25(2)24-20-18-12-5-6-13-19(18)26(21(20)27)14-16-10-7-9-15-8-3-4-11-17(15)16/h3-13H,14H2,1-2H3,(H,23,28). The van der Waals surface area contributed by atoms with Crippen LogP contribution in [0.25, 0.3) is 10.8 Å². The van der Waals surface area contributed by atoms with Crippen LogP contribution in [0.4, 0.5) is 5.69 Å². The minimum Gasteiger partial charge on any atom is -0.364 e. The predicted octanol–water partition coefficient (Wildman–Crippen LogP) is 3.53. The first-order chi connectivity index (χ1) is 13.6. The Labute approximate surface area is 169 Å². The molecule has 140 valence electrons. The molecule has 0 aromatic heterocycles. The molecule has 0 aliphatic carbocycles. The van der Waals surface area contributed by atoms with Gasteiger partial charge in [-0.25, -0.2) is 5.01 Å². The third kappa shape index (κ3) is 3.12. The van der Waals surface area contributed by atoms with Crippen LogP contribution in [0.3, 0.4) is 0 Å². The number of carbonyl (C=O) groups is 1. The normalized spacial score (nSPS) is 14.4. The molecule has 1 N–H and O–H groups in total. The van der Waals surface area contributed by atoms with Gasteiger partial charge < -0.3 is 10.2 Å². The summed E-state index contributed by atoms with van der Waals surface area (Å²) >= 11 is 5.22. The number of nitrogens with zero attached hydrogens (tertiary/aromatic N) is 3. The molecular weight excluding hydrogens is 368 g/mol. The number of fused-ring (bicyclic) bond motifs is 2. The average Bonchev–Trinajstić information content (AvgIpc) is 2.99. The van der Waals surface area contributed by atoms with Gasteiger partial charge >= 0.3 is 0 Å². The minimum absolute atomic E-state index is 0.125. The van der Waals surface area contributed by atoms with Crippen molar-refractivity contribution < 1.29 is 4.79 Å². The molecule has 0 unspecified atom stereocenters. The number of hydrazone groups is 1. The predicted molar refractivity (Wildman–Crippen MR) is 118 cm³/mol. The highest BCUT2D eigenvalue weighted by atomic mass is 32.1. The number of hydrogen-bond donors (Lipinski definition) is 1. The molecule has 1 aliphatic rings. The second-order valence-corrected chi connectivity index (χ2v) is 6.96. The molecule has 1 amide bonds. The Morgan fingerprint density at radius 3 is 2.61 bits per heavy atom. The van der Waals surface area contributed by atoms with Crippen LogP contribution in [0.1, 0.15) is 11.1 Å². The van der Waals surface area contributed by atoms with Crippen LogP contribution < -0.4 is 10.2 Å². The zero-order chi connectivity index (χ0) is 19.7. The first-order valence-electron chi connectivity index (χ1n) is 9.02. The third-order valence-electron chi connectivity index (χ3n) is 4.86. The Hall–Kier alpha value is -3.25. The van der Waals surface area contributed by atoms with E-state index in [2.05, 4.69) is 34.7 Å². The van der Waals surface area contributed by atoms with Crippen LogP contribution in [0, 0.1) is 0 Å². The summed E-state index contributed by atoms with van der Waals surface area (Å²) in [4.78, 5) is 15.0. The van der Waals surface area contributed by atoms with Crippen LogP contribution in [0.5, 0.6) is 0 Å². The summed E-state index contributed by atoms with van der Waals surface area (Å²) in [6, 6.07) is 22.1. The van der Waals surface area contributed by atoms with Gasteiger partial charge in [-0.15, -0.1) is 0 Å². The zero-order valence-electron chi connectivity index (χ0n) is 15.7. The van der Waals surface area contributed by atoms with E-state index in [1.54, 1.807) is 19.0 Å². The van der Waals surface area contributed by atoms with Crippen LogP contribution >= 0.6 is 12.2 Å². The Balaban J connectivity index is 1.75. The third-order valence-corrected chi connectivity index (χ3v) is 5.33. The summed E-state index contributed by atoms with van der Waals surface area (Å²) in [5.41, 5.74) is 3.18. The van der Waals surface area contributed by atoms with Crippen molar-refractivity contribution in [2.75, 3.05) is 19.0 Å². The largest absolute Gasteiger partial charge is 0.364 e. The molecule has 0 atom stereocenters. The number of hydrogen-bond acceptors (Lipinski definition) is 3. The van der Waals surface area contributed by atoms with Gasteiger partial charge in [-0.1, -0.05) is 60.7 Å². The number of carbonyl (C=O) groups excluding carboxylic acids is 1. The molecule has 5 nitrogen and oxygen atoms in total. The first kappa shape index (κ1) is 18.1. The SMILES string of the molecule is CNC(=S)N(C)N=C1C(=O)N(Cc2cccc3ccccc23)c2ccccc21. The van der Waals surface area contributed by atoms with Crippen molar-refractivity contribution in [3.63, 3.8) is 0 Å². The van der Waals surface area contributed by atoms with Crippen LogP contribution in [-0.4, -0.2) is 35.8 Å². The van der Waals surface area contributed by atoms with E-state index in [-0.39, 0.29) is 5.91 Å². The van der Waals surface area contributed by atoms with E-state index in [0.29, 0.717) is 17.4 Å². The van der Waals surface area contributed by atoms with E-state index in [1.807, 2.05) is 42.5 Å². The maximum atomic E-state index is 13.3. The van der Waals surface area contributed by atoms with Crippen molar-refractivity contribution in [2.24, 2.45) is 5.10 Å². The fraction of sp³-hybridized carbons (Fsp3) is 0.136. The van der Waals surface area contributed by atoms with Gasteiger partial charge in [-0.3, -0.25) is 4.79 Å². The quantitative estimate of drug-likeness (QED) is 0.551. The molecule has 3 aromatic rings. The summed E-state index contributed by atoms with van der Waals surface area (Å²) in [6.45, 7) is 0.483. The molecule has 1 aliphatic heterocycles. The highest BCUT2D eigenvalue weighted by Crippen LogP contribution is 2.32. The Kier molecular flexibility index (Phi) is 4.79. The van der Waals surface area contributed by atoms with Crippen molar-refractivity contribution in [3.8, 4) is 0 Å². The van der Waals surface area contributed by atoms with Crippen LogP contribution in [-0.2, 0) is 11.3 Å². The van der Waals surface area contributed by atoms with E-state index < -0.39 is 0 Å². The molecule has 0 saturated carbocycles. The average molecular weight is 388 g/mol. The van der Waals surface area contributed by atoms with E-state index >= 15 is 0 Å². The molecule has 1 heterocycles. The topological polar surface area (TPSA) is 47.9 Å². The summed E-state index contributed by atoms with van der Waals surface area (Å²) in [7, 11) is 3.46. The summed E-state index contributed by atoms with van der Waals surface area (Å²) < 4.78 is 0. The van der Waals surface area contributed by atoms with E-state index in [4.69, 9.17) is 12.2 Å². The second-order valence-electron chi connectivity index (χ2n) is 6.57. The van der Waals surface area contributed by atoms with Crippen molar-refractivity contribution >= 4 is 45.4 Å². The molecule has 3 aromatic carbocycles. The molecule has 0 spiro atoms. The Bertz CT molecular complexity index is 1100. The van der Waals surface area contributed by atoms with Crippen molar-refractivity contribution in [3.05, 3.63) is 77.9 Å². The number of anilines is 1. The lowest BCUT2D eigenvalue weighted by atomic mass is 10.0. The van der Waals surface area contributed by atoms with Gasteiger partial charge in [0.15, 0.2) is 10.8 Å².